The molecule has 1 fully saturated rings. The van der Waals surface area contributed by atoms with Crippen molar-refractivity contribution in [2.24, 2.45) is 0 Å². The first kappa shape index (κ1) is 16.5. The van der Waals surface area contributed by atoms with Gasteiger partial charge in [0.05, 0.1) is 17.6 Å². The number of nitriles is 3. The molecule has 124 valence electrons. The van der Waals surface area contributed by atoms with E-state index >= 15 is 0 Å². The van der Waals surface area contributed by atoms with Gasteiger partial charge in [-0.2, -0.15) is 15.8 Å². The van der Waals surface area contributed by atoms with Crippen molar-refractivity contribution in [2.75, 3.05) is 18.4 Å². The molecule has 1 aliphatic rings. The molecule has 2 heterocycles. The Bertz CT molecular complexity index is 911. The predicted molar refractivity (Wildman–Crippen MR) is 92.7 cm³/mol. The highest BCUT2D eigenvalue weighted by Gasteiger charge is 2.13. The SMILES string of the molecule is N#CC(C#N)=C(C#N)Nc1ccc2nc(CN3CCCCC3)[nH]c2c1. The van der Waals surface area contributed by atoms with Crippen molar-refractivity contribution < 1.29 is 0 Å². The molecule has 0 spiro atoms. The zero-order valence-corrected chi connectivity index (χ0v) is 13.7. The lowest BCUT2D eigenvalue weighted by Gasteiger charge is -2.25. The number of H-pyrrole nitrogens is 1. The Balaban J connectivity index is 1.81. The molecule has 0 amide bonds. The standard InChI is InChI=1S/C18H17N7/c19-9-13(10-20)17(11-21)22-14-4-5-15-16(8-14)24-18(23-15)12-25-6-2-1-3-7-25/h4-5,8,22H,1-3,6-7,12H2,(H,23,24). The van der Waals surface area contributed by atoms with Gasteiger partial charge in [-0.05, 0) is 44.1 Å². The third-order valence-corrected chi connectivity index (χ3v) is 4.21. The van der Waals surface area contributed by atoms with Gasteiger partial charge in [0.2, 0.25) is 0 Å². The molecule has 2 aromatic rings. The summed E-state index contributed by atoms with van der Waals surface area (Å²) in [5.41, 5.74) is 2.03. The number of hydrogen-bond acceptors (Lipinski definition) is 6. The number of piperidine rings is 1. The number of anilines is 1. The second kappa shape index (κ2) is 7.49. The average molecular weight is 331 g/mol. The van der Waals surface area contributed by atoms with Crippen LogP contribution < -0.4 is 5.32 Å². The fraction of sp³-hybridized carbons (Fsp3) is 0.333. The molecule has 0 radical (unpaired) electrons. The van der Waals surface area contributed by atoms with Crippen molar-refractivity contribution in [1.29, 1.82) is 15.8 Å². The number of nitrogens with one attached hydrogen (secondary N) is 2. The maximum atomic E-state index is 9.12. The highest BCUT2D eigenvalue weighted by Crippen LogP contribution is 2.20. The number of nitrogens with zero attached hydrogens (tertiary/aromatic N) is 5. The molecule has 2 N–H and O–H groups in total. The molecule has 1 aromatic heterocycles. The highest BCUT2D eigenvalue weighted by atomic mass is 15.1. The lowest BCUT2D eigenvalue weighted by molar-refractivity contribution is 0.216. The predicted octanol–water partition coefficient (Wildman–Crippen LogP) is 2.79. The van der Waals surface area contributed by atoms with Crippen LogP contribution in [0.25, 0.3) is 11.0 Å². The van der Waals surface area contributed by atoms with Crippen LogP contribution >= 0.6 is 0 Å². The molecule has 1 aromatic carbocycles. The van der Waals surface area contributed by atoms with Crippen LogP contribution in [0.3, 0.4) is 0 Å². The van der Waals surface area contributed by atoms with Crippen LogP contribution in [-0.2, 0) is 6.54 Å². The van der Waals surface area contributed by atoms with Crippen LogP contribution in [-0.4, -0.2) is 28.0 Å². The molecule has 0 bridgehead atoms. The minimum absolute atomic E-state index is 0.0580. The van der Waals surface area contributed by atoms with Crippen LogP contribution in [0.1, 0.15) is 25.1 Å². The number of benzene rings is 1. The van der Waals surface area contributed by atoms with Crippen LogP contribution in [0, 0.1) is 34.0 Å². The van der Waals surface area contributed by atoms with E-state index in [9.17, 15) is 0 Å². The Hall–Kier alpha value is -3.34. The Labute approximate surface area is 145 Å². The Morgan fingerprint density at radius 3 is 2.56 bits per heavy atom. The number of allylic oxidation sites excluding steroid dienone is 2. The van der Waals surface area contributed by atoms with Crippen molar-refractivity contribution in [2.45, 2.75) is 25.8 Å². The summed E-state index contributed by atoms with van der Waals surface area (Å²) in [6.45, 7) is 3.00. The summed E-state index contributed by atoms with van der Waals surface area (Å²) in [6.07, 6.45) is 3.77. The summed E-state index contributed by atoms with van der Waals surface area (Å²) in [5.74, 6) is 0.917. The Morgan fingerprint density at radius 1 is 1.12 bits per heavy atom. The molecule has 0 unspecified atom stereocenters. The topological polar surface area (TPSA) is 115 Å². The second-order valence-corrected chi connectivity index (χ2v) is 5.96. The van der Waals surface area contributed by atoms with E-state index in [2.05, 4.69) is 20.2 Å². The van der Waals surface area contributed by atoms with Gasteiger partial charge in [-0.15, -0.1) is 0 Å². The fourth-order valence-corrected chi connectivity index (χ4v) is 2.97. The third-order valence-electron chi connectivity index (χ3n) is 4.21. The molecule has 0 atom stereocenters. The first-order chi connectivity index (χ1) is 12.2. The second-order valence-electron chi connectivity index (χ2n) is 5.96. The zero-order chi connectivity index (χ0) is 17.6. The molecule has 1 aliphatic heterocycles. The lowest BCUT2D eigenvalue weighted by atomic mass is 10.1. The molecule has 25 heavy (non-hydrogen) atoms. The normalized spacial score (nSPS) is 14.3. The molecule has 7 nitrogen and oxygen atoms in total. The van der Waals surface area contributed by atoms with Gasteiger partial charge >= 0.3 is 0 Å². The molecule has 7 heteroatoms. The Morgan fingerprint density at radius 2 is 1.88 bits per heavy atom. The van der Waals surface area contributed by atoms with Crippen molar-refractivity contribution in [3.05, 3.63) is 35.3 Å². The largest absolute Gasteiger partial charge is 0.345 e. The highest BCUT2D eigenvalue weighted by molar-refractivity contribution is 5.80. The molecule has 3 rings (SSSR count). The van der Waals surface area contributed by atoms with Gasteiger partial charge in [0.15, 0.2) is 5.57 Å². The Kier molecular flexibility index (Phi) is 4.95. The minimum atomic E-state index is -0.238. The monoisotopic (exact) mass is 331 g/mol. The molecular formula is C18H17N7. The van der Waals surface area contributed by atoms with Gasteiger partial charge in [0, 0.05) is 5.69 Å². The van der Waals surface area contributed by atoms with Crippen molar-refractivity contribution in [3.8, 4) is 18.2 Å². The van der Waals surface area contributed by atoms with E-state index in [0.29, 0.717) is 5.69 Å². The van der Waals surface area contributed by atoms with E-state index in [4.69, 9.17) is 15.8 Å². The van der Waals surface area contributed by atoms with Gasteiger partial charge in [-0.1, -0.05) is 6.42 Å². The summed E-state index contributed by atoms with van der Waals surface area (Å²) in [7, 11) is 0. The maximum Gasteiger partial charge on any atom is 0.163 e. The number of fused-ring (bicyclic) bond motifs is 1. The van der Waals surface area contributed by atoms with E-state index < -0.39 is 0 Å². The zero-order valence-electron chi connectivity index (χ0n) is 13.7. The average Bonchev–Trinajstić information content (AvgIpc) is 3.04. The first-order valence-corrected chi connectivity index (χ1v) is 8.16. The molecule has 0 saturated carbocycles. The third kappa shape index (κ3) is 3.77. The minimum Gasteiger partial charge on any atom is -0.345 e. The summed E-state index contributed by atoms with van der Waals surface area (Å²) in [5, 5.41) is 29.7. The quantitative estimate of drug-likeness (QED) is 0.832. The maximum absolute atomic E-state index is 9.12. The van der Waals surface area contributed by atoms with E-state index in [0.717, 1.165) is 36.5 Å². The van der Waals surface area contributed by atoms with Crippen LogP contribution in [0.5, 0.6) is 0 Å². The summed E-state index contributed by atoms with van der Waals surface area (Å²) in [4.78, 5) is 10.3. The van der Waals surface area contributed by atoms with E-state index in [1.54, 1.807) is 18.2 Å². The molecule has 0 aliphatic carbocycles. The van der Waals surface area contributed by atoms with Crippen molar-refractivity contribution >= 4 is 16.7 Å². The number of hydrogen-bond donors (Lipinski definition) is 2. The van der Waals surface area contributed by atoms with Crippen LogP contribution in [0.15, 0.2) is 29.5 Å². The number of aromatic amines is 1. The number of rotatable bonds is 4. The van der Waals surface area contributed by atoms with E-state index in [1.165, 1.54) is 19.3 Å². The summed E-state index contributed by atoms with van der Waals surface area (Å²) >= 11 is 0. The van der Waals surface area contributed by atoms with Gasteiger partial charge in [-0.3, -0.25) is 4.90 Å². The summed E-state index contributed by atoms with van der Waals surface area (Å²) in [6, 6.07) is 10.7. The van der Waals surface area contributed by atoms with Gasteiger partial charge in [0.25, 0.3) is 0 Å². The number of aromatic nitrogens is 2. The lowest BCUT2D eigenvalue weighted by Crippen LogP contribution is -2.29. The molecular weight excluding hydrogens is 314 g/mol. The molecule has 1 saturated heterocycles. The van der Waals surface area contributed by atoms with Crippen molar-refractivity contribution in [1.82, 2.24) is 14.9 Å². The summed E-state index contributed by atoms with van der Waals surface area (Å²) < 4.78 is 0. The van der Waals surface area contributed by atoms with E-state index in [-0.39, 0.29) is 11.3 Å². The fourth-order valence-electron chi connectivity index (χ4n) is 2.97. The number of likely N-dealkylation sites (tertiary alicyclic amines) is 1. The van der Waals surface area contributed by atoms with Crippen molar-refractivity contribution in [3.63, 3.8) is 0 Å². The van der Waals surface area contributed by atoms with Gasteiger partial charge in [0.1, 0.15) is 29.7 Å². The smallest absolute Gasteiger partial charge is 0.163 e. The number of imidazole rings is 1. The van der Waals surface area contributed by atoms with E-state index in [1.807, 2.05) is 18.2 Å². The van der Waals surface area contributed by atoms with Gasteiger partial charge in [-0.25, -0.2) is 4.98 Å². The van der Waals surface area contributed by atoms with Crippen LogP contribution in [0.4, 0.5) is 5.69 Å². The van der Waals surface area contributed by atoms with Gasteiger partial charge < -0.3 is 10.3 Å². The van der Waals surface area contributed by atoms with Crippen LogP contribution in [0.2, 0.25) is 0 Å². The first-order valence-electron chi connectivity index (χ1n) is 8.16.